The number of nitrogens with one attached hydrogen (secondary N) is 1. The van der Waals surface area contributed by atoms with E-state index in [0.29, 0.717) is 33.0 Å². The smallest absolute Gasteiger partial charge is 0.307 e. The first kappa shape index (κ1) is 36.6. The average molecular weight is 568 g/mol. The van der Waals surface area contributed by atoms with Gasteiger partial charge in [-0.05, 0) is 6.92 Å². The number of carbonyl (C=O) groups excluding carboxylic acids is 4. The van der Waals surface area contributed by atoms with Crippen LogP contribution in [0.4, 0.5) is 0 Å². The van der Waals surface area contributed by atoms with Crippen molar-refractivity contribution in [3.8, 4) is 0 Å². The maximum atomic E-state index is 12.8. The summed E-state index contributed by atoms with van der Waals surface area (Å²) in [5, 5.41) is 2.87. The van der Waals surface area contributed by atoms with Gasteiger partial charge in [-0.2, -0.15) is 0 Å². The molecule has 0 aromatic carbocycles. The summed E-state index contributed by atoms with van der Waals surface area (Å²) >= 11 is 0. The summed E-state index contributed by atoms with van der Waals surface area (Å²) in [5.41, 5.74) is -1.19. The maximum Gasteiger partial charge on any atom is 0.307 e. The van der Waals surface area contributed by atoms with Crippen LogP contribution in [0.3, 0.4) is 0 Å². The fourth-order valence-electron chi connectivity index (χ4n) is 2.92. The van der Waals surface area contributed by atoms with Gasteiger partial charge < -0.3 is 47.9 Å². The van der Waals surface area contributed by atoms with Crippen molar-refractivity contribution in [2.24, 2.45) is 0 Å². The van der Waals surface area contributed by atoms with Gasteiger partial charge in [0, 0.05) is 13.0 Å². The molecule has 0 heterocycles. The summed E-state index contributed by atoms with van der Waals surface area (Å²) < 4.78 is 46.8. The largest absolute Gasteiger partial charge is 0.469 e. The fraction of sp³-hybridized carbons (Fsp3) is 0.840. The minimum absolute atomic E-state index is 0.00734. The highest BCUT2D eigenvalue weighted by atomic mass is 16.6. The summed E-state index contributed by atoms with van der Waals surface area (Å²) in [4.78, 5) is 47.1. The van der Waals surface area contributed by atoms with Crippen molar-refractivity contribution in [2.75, 3.05) is 101 Å². The van der Waals surface area contributed by atoms with E-state index in [1.807, 2.05) is 6.92 Å². The van der Waals surface area contributed by atoms with Gasteiger partial charge in [0.2, 0.25) is 5.91 Å². The highest BCUT2D eigenvalue weighted by molar-refractivity contribution is 5.77. The predicted octanol–water partition coefficient (Wildman–Crippen LogP) is 0.0403. The minimum atomic E-state index is -1.19. The molecule has 0 aromatic rings. The Kier molecular flexibility index (Phi) is 23.2. The first-order valence-electron chi connectivity index (χ1n) is 12.8. The molecule has 0 aromatic heterocycles. The zero-order valence-electron chi connectivity index (χ0n) is 23.6. The molecule has 0 aliphatic carbocycles. The van der Waals surface area contributed by atoms with Crippen molar-refractivity contribution >= 4 is 23.8 Å². The lowest BCUT2D eigenvalue weighted by Gasteiger charge is -2.34. The molecule has 0 rings (SSSR count). The van der Waals surface area contributed by atoms with Crippen molar-refractivity contribution in [3.05, 3.63) is 0 Å². The SMILES string of the molecule is CCOCCOCCOCCC(=O)NC(COCCC(=O)OC)(COCCC(=O)OC)COCCC(=O)OC. The zero-order valence-corrected chi connectivity index (χ0v) is 23.6. The Morgan fingerprint density at radius 3 is 1.26 bits per heavy atom. The van der Waals surface area contributed by atoms with E-state index >= 15 is 0 Å². The molecular weight excluding hydrogens is 522 g/mol. The van der Waals surface area contributed by atoms with Crippen molar-refractivity contribution in [1.29, 1.82) is 0 Å². The van der Waals surface area contributed by atoms with Gasteiger partial charge in [0.1, 0.15) is 5.54 Å². The van der Waals surface area contributed by atoms with Gasteiger partial charge >= 0.3 is 17.9 Å². The summed E-state index contributed by atoms with van der Waals surface area (Å²) in [7, 11) is 3.81. The van der Waals surface area contributed by atoms with Gasteiger partial charge in [-0.15, -0.1) is 0 Å². The monoisotopic (exact) mass is 567 g/mol. The fourth-order valence-corrected chi connectivity index (χ4v) is 2.92. The van der Waals surface area contributed by atoms with Crippen molar-refractivity contribution in [3.63, 3.8) is 0 Å². The van der Waals surface area contributed by atoms with E-state index in [-0.39, 0.29) is 77.8 Å². The Hall–Kier alpha value is -2.36. The Labute approximate surface area is 230 Å². The Bertz CT molecular complexity index is 615. The molecule has 228 valence electrons. The van der Waals surface area contributed by atoms with Crippen LogP contribution in [-0.2, 0) is 61.8 Å². The third-order valence-corrected chi connectivity index (χ3v) is 5.00. The summed E-state index contributed by atoms with van der Waals surface area (Å²) in [6.07, 6.45) is 0.0569. The van der Waals surface area contributed by atoms with Crippen molar-refractivity contribution in [2.45, 2.75) is 38.1 Å². The van der Waals surface area contributed by atoms with Gasteiger partial charge in [0.15, 0.2) is 0 Å². The number of amides is 1. The Morgan fingerprint density at radius 1 is 0.513 bits per heavy atom. The number of hydrogen-bond donors (Lipinski definition) is 1. The number of rotatable bonds is 26. The van der Waals surface area contributed by atoms with E-state index in [4.69, 9.17) is 28.4 Å². The molecule has 1 amide bonds. The van der Waals surface area contributed by atoms with Crippen LogP contribution in [-0.4, -0.2) is 130 Å². The van der Waals surface area contributed by atoms with Crippen LogP contribution in [0.5, 0.6) is 0 Å². The van der Waals surface area contributed by atoms with E-state index in [0.717, 1.165) is 0 Å². The quantitative estimate of drug-likeness (QED) is 0.0847. The molecule has 1 N–H and O–H groups in total. The van der Waals surface area contributed by atoms with Crippen molar-refractivity contribution < 1.29 is 61.8 Å². The normalized spacial score (nSPS) is 11.2. The van der Waals surface area contributed by atoms with Gasteiger partial charge in [0.05, 0.1) is 113 Å². The minimum Gasteiger partial charge on any atom is -0.469 e. The second-order valence-corrected chi connectivity index (χ2v) is 8.14. The molecule has 0 aliphatic rings. The summed E-state index contributed by atoms with van der Waals surface area (Å²) in [6.45, 7) is 4.16. The highest BCUT2D eigenvalue weighted by Crippen LogP contribution is 2.11. The van der Waals surface area contributed by atoms with E-state index in [9.17, 15) is 19.2 Å². The number of ether oxygens (including phenoxy) is 9. The third-order valence-electron chi connectivity index (χ3n) is 5.00. The Balaban J connectivity index is 5.05. The second-order valence-electron chi connectivity index (χ2n) is 8.14. The molecule has 14 heteroatoms. The standard InChI is InChI=1S/C25H45NO13/c1-5-34-14-15-36-17-16-35-10-6-21(27)26-25(18-37-11-7-22(28)31-2,19-38-12-8-23(29)32-3)20-39-13-9-24(30)33-4/h5-20H2,1-4H3,(H,26,27). The molecular formula is C25H45NO13. The third kappa shape index (κ3) is 21.2. The lowest BCUT2D eigenvalue weighted by Crippen LogP contribution is -2.59. The topological polar surface area (TPSA) is 163 Å². The van der Waals surface area contributed by atoms with Crippen LogP contribution in [0.25, 0.3) is 0 Å². The van der Waals surface area contributed by atoms with E-state index in [1.54, 1.807) is 0 Å². The second kappa shape index (κ2) is 24.7. The van der Waals surface area contributed by atoms with Crippen molar-refractivity contribution in [1.82, 2.24) is 5.32 Å². The molecule has 0 radical (unpaired) electrons. The van der Waals surface area contributed by atoms with Gasteiger partial charge in [-0.25, -0.2) is 0 Å². The lowest BCUT2D eigenvalue weighted by atomic mass is 10.0. The van der Waals surface area contributed by atoms with Crippen LogP contribution >= 0.6 is 0 Å². The Morgan fingerprint density at radius 2 is 0.872 bits per heavy atom. The summed E-state index contributed by atoms with van der Waals surface area (Å²) in [6, 6.07) is 0. The van der Waals surface area contributed by atoms with E-state index in [2.05, 4.69) is 19.5 Å². The molecule has 0 fully saturated rings. The molecule has 0 bridgehead atoms. The average Bonchev–Trinajstić information content (AvgIpc) is 2.94. The first-order valence-corrected chi connectivity index (χ1v) is 12.8. The van der Waals surface area contributed by atoms with Crippen LogP contribution in [0.15, 0.2) is 0 Å². The van der Waals surface area contributed by atoms with Gasteiger partial charge in [-0.3, -0.25) is 19.2 Å². The first-order chi connectivity index (χ1) is 18.8. The number of hydrogen-bond acceptors (Lipinski definition) is 13. The molecule has 0 spiro atoms. The number of carbonyl (C=O) groups is 4. The molecule has 14 nitrogen and oxygen atoms in total. The molecule has 0 aliphatic heterocycles. The molecule has 0 atom stereocenters. The van der Waals surface area contributed by atoms with E-state index < -0.39 is 23.4 Å². The van der Waals surface area contributed by atoms with E-state index in [1.165, 1.54) is 21.3 Å². The van der Waals surface area contributed by atoms with Crippen LogP contribution in [0.2, 0.25) is 0 Å². The lowest BCUT2D eigenvalue weighted by molar-refractivity contribution is -0.143. The molecule has 0 saturated heterocycles. The van der Waals surface area contributed by atoms with Gasteiger partial charge in [-0.1, -0.05) is 0 Å². The van der Waals surface area contributed by atoms with Crippen LogP contribution < -0.4 is 5.32 Å². The zero-order chi connectivity index (χ0) is 29.2. The van der Waals surface area contributed by atoms with Gasteiger partial charge in [0.25, 0.3) is 0 Å². The maximum absolute atomic E-state index is 12.8. The molecule has 0 unspecified atom stereocenters. The number of esters is 3. The number of methoxy groups -OCH3 is 3. The predicted molar refractivity (Wildman–Crippen MR) is 136 cm³/mol. The van der Waals surface area contributed by atoms with Crippen LogP contribution in [0, 0.1) is 0 Å². The highest BCUT2D eigenvalue weighted by Gasteiger charge is 2.34. The van der Waals surface area contributed by atoms with Crippen LogP contribution in [0.1, 0.15) is 32.6 Å². The summed E-state index contributed by atoms with van der Waals surface area (Å²) in [5.74, 6) is -1.72. The molecule has 0 saturated carbocycles. The molecule has 39 heavy (non-hydrogen) atoms.